The summed E-state index contributed by atoms with van der Waals surface area (Å²) in [6.45, 7) is 3.35. The number of amides is 1. The van der Waals surface area contributed by atoms with Gasteiger partial charge in [0.05, 0.1) is 25.4 Å². The van der Waals surface area contributed by atoms with E-state index >= 15 is 0 Å². The number of carbonyl (C=O) groups is 1. The van der Waals surface area contributed by atoms with Crippen LogP contribution in [0.2, 0.25) is 0 Å². The number of aliphatic hydroxyl groups is 7. The second-order valence-electron chi connectivity index (χ2n) is 14.3. The quantitative estimate of drug-likeness (QED) is 0.0342. The van der Waals surface area contributed by atoms with Crippen LogP contribution in [0.1, 0.15) is 155 Å². The lowest BCUT2D eigenvalue weighted by molar-refractivity contribution is -0.303. The fourth-order valence-corrected chi connectivity index (χ4v) is 6.28. The van der Waals surface area contributed by atoms with Crippen LogP contribution in [0.15, 0.2) is 24.3 Å². The average molecular weight is 730 g/mol. The van der Waals surface area contributed by atoms with Crippen molar-refractivity contribution in [3.8, 4) is 0 Å². The van der Waals surface area contributed by atoms with Crippen LogP contribution in [0.4, 0.5) is 0 Å². The van der Waals surface area contributed by atoms with Gasteiger partial charge in [-0.2, -0.15) is 0 Å². The lowest BCUT2D eigenvalue weighted by Crippen LogP contribution is -2.60. The molecule has 0 aromatic carbocycles. The number of carbonyl (C=O) groups excluding carboxylic acids is 1. The second kappa shape index (κ2) is 31.0. The first kappa shape index (κ1) is 47.6. The van der Waals surface area contributed by atoms with Gasteiger partial charge in [0.25, 0.3) is 0 Å². The first-order valence-electron chi connectivity index (χ1n) is 20.2. The largest absolute Gasteiger partial charge is 0.394 e. The minimum Gasteiger partial charge on any atom is -0.394 e. The standard InChI is InChI=1S/C40H75NO10/c1-3-5-7-9-11-13-15-16-17-18-20-21-23-25-27-32(43)35(45)31(30-50-40-38(48)37(47)36(46)34(29-42)51-40)41-39(49)33(44)28-26-24-22-19-14-12-10-8-6-4-2/h15-16,20-21,31-38,40,42-48H,3-14,17-19,22-30H2,1-2H3,(H,41,49)/b16-15+,21-20+. The van der Waals surface area contributed by atoms with E-state index in [-0.39, 0.29) is 12.8 Å². The van der Waals surface area contributed by atoms with Crippen molar-refractivity contribution >= 4 is 5.91 Å². The number of aliphatic hydroxyl groups excluding tert-OH is 7. The van der Waals surface area contributed by atoms with Gasteiger partial charge in [-0.15, -0.1) is 0 Å². The Morgan fingerprint density at radius 2 is 1.18 bits per heavy atom. The van der Waals surface area contributed by atoms with Gasteiger partial charge in [0.1, 0.15) is 36.6 Å². The van der Waals surface area contributed by atoms with Crippen molar-refractivity contribution in [1.29, 1.82) is 0 Å². The summed E-state index contributed by atoms with van der Waals surface area (Å²) in [5.41, 5.74) is 0. The summed E-state index contributed by atoms with van der Waals surface area (Å²) in [4.78, 5) is 13.0. The van der Waals surface area contributed by atoms with Crippen LogP contribution in [0.5, 0.6) is 0 Å². The van der Waals surface area contributed by atoms with Gasteiger partial charge in [-0.25, -0.2) is 0 Å². The van der Waals surface area contributed by atoms with Crippen molar-refractivity contribution in [2.45, 2.75) is 210 Å². The molecule has 0 radical (unpaired) electrons. The Kier molecular flexibility index (Phi) is 28.9. The maximum Gasteiger partial charge on any atom is 0.249 e. The first-order chi connectivity index (χ1) is 24.7. The minimum atomic E-state index is -1.67. The molecule has 1 amide bonds. The molecule has 0 aromatic heterocycles. The van der Waals surface area contributed by atoms with Gasteiger partial charge < -0.3 is 50.5 Å². The summed E-state index contributed by atoms with van der Waals surface area (Å²) in [5.74, 6) is -0.715. The SMILES string of the molecule is CCCCCCC/C=C/CC/C=C/CCCC(O)C(O)C(COC1OC(CO)C(O)C(O)C1O)NC(=O)C(O)CCCCCCCCCCCC. The molecule has 1 rings (SSSR count). The molecule has 1 saturated heterocycles. The van der Waals surface area contributed by atoms with Crippen molar-refractivity contribution in [2.24, 2.45) is 0 Å². The molecule has 0 saturated carbocycles. The second-order valence-corrected chi connectivity index (χ2v) is 14.3. The van der Waals surface area contributed by atoms with E-state index < -0.39 is 74.2 Å². The third-order valence-corrected chi connectivity index (χ3v) is 9.73. The predicted octanol–water partition coefficient (Wildman–Crippen LogP) is 5.10. The fourth-order valence-electron chi connectivity index (χ4n) is 6.28. The molecular formula is C40H75NO10. The summed E-state index contributed by atoms with van der Waals surface area (Å²) < 4.78 is 11.0. The van der Waals surface area contributed by atoms with Crippen LogP contribution in [0.3, 0.4) is 0 Å². The van der Waals surface area contributed by atoms with E-state index in [4.69, 9.17) is 9.47 Å². The molecule has 0 aliphatic carbocycles. The molecule has 300 valence electrons. The van der Waals surface area contributed by atoms with Gasteiger partial charge in [-0.1, -0.05) is 128 Å². The zero-order chi connectivity index (χ0) is 37.7. The summed E-state index contributed by atoms with van der Waals surface area (Å²) in [6.07, 6.45) is 19.6. The van der Waals surface area contributed by atoms with Crippen LogP contribution >= 0.6 is 0 Å². The number of allylic oxidation sites excluding steroid dienone is 4. The highest BCUT2D eigenvalue weighted by Gasteiger charge is 2.44. The number of rotatable bonds is 32. The molecule has 8 N–H and O–H groups in total. The molecule has 9 unspecified atom stereocenters. The Bertz CT molecular complexity index is 887. The van der Waals surface area contributed by atoms with Gasteiger partial charge in [-0.05, 0) is 51.4 Å². The smallest absolute Gasteiger partial charge is 0.249 e. The van der Waals surface area contributed by atoms with Gasteiger partial charge in [0.15, 0.2) is 6.29 Å². The van der Waals surface area contributed by atoms with E-state index in [2.05, 4.69) is 43.5 Å². The summed E-state index contributed by atoms with van der Waals surface area (Å²) in [5, 5.41) is 75.2. The Morgan fingerprint density at radius 1 is 0.667 bits per heavy atom. The molecule has 0 spiro atoms. The molecule has 1 fully saturated rings. The van der Waals surface area contributed by atoms with Crippen molar-refractivity contribution in [2.75, 3.05) is 13.2 Å². The fraction of sp³-hybridized carbons (Fsp3) is 0.875. The normalized spacial score (nSPS) is 23.5. The summed E-state index contributed by atoms with van der Waals surface area (Å²) >= 11 is 0. The van der Waals surface area contributed by atoms with E-state index in [9.17, 15) is 40.5 Å². The lowest BCUT2D eigenvalue weighted by Gasteiger charge is -2.40. The van der Waals surface area contributed by atoms with E-state index in [0.717, 1.165) is 38.5 Å². The van der Waals surface area contributed by atoms with Gasteiger partial charge in [0.2, 0.25) is 5.91 Å². The molecule has 0 aromatic rings. The molecule has 1 aliphatic rings. The van der Waals surface area contributed by atoms with E-state index in [1.54, 1.807) is 0 Å². The lowest BCUT2D eigenvalue weighted by atomic mass is 9.98. The van der Waals surface area contributed by atoms with Gasteiger partial charge in [-0.3, -0.25) is 4.79 Å². The third-order valence-electron chi connectivity index (χ3n) is 9.73. The average Bonchev–Trinajstić information content (AvgIpc) is 3.13. The molecule has 0 bridgehead atoms. The van der Waals surface area contributed by atoms with Crippen LogP contribution in [-0.4, -0.2) is 110 Å². The van der Waals surface area contributed by atoms with E-state index in [1.165, 1.54) is 70.6 Å². The Labute approximate surface area is 308 Å². The molecule has 1 heterocycles. The predicted molar refractivity (Wildman–Crippen MR) is 201 cm³/mol. The van der Waals surface area contributed by atoms with Gasteiger partial charge in [0, 0.05) is 0 Å². The monoisotopic (exact) mass is 730 g/mol. The zero-order valence-corrected chi connectivity index (χ0v) is 31.8. The summed E-state index contributed by atoms with van der Waals surface area (Å²) in [6, 6.07) is -1.18. The molecular weight excluding hydrogens is 654 g/mol. The van der Waals surface area contributed by atoms with Crippen LogP contribution in [-0.2, 0) is 14.3 Å². The van der Waals surface area contributed by atoms with E-state index in [1.807, 2.05) is 0 Å². The number of unbranched alkanes of at least 4 members (excludes halogenated alkanes) is 16. The Morgan fingerprint density at radius 3 is 1.75 bits per heavy atom. The number of ether oxygens (including phenoxy) is 2. The van der Waals surface area contributed by atoms with Crippen LogP contribution in [0.25, 0.3) is 0 Å². The Hall–Kier alpha value is -1.41. The first-order valence-corrected chi connectivity index (χ1v) is 20.2. The molecule has 51 heavy (non-hydrogen) atoms. The Balaban J connectivity index is 2.59. The number of hydrogen-bond donors (Lipinski definition) is 8. The van der Waals surface area contributed by atoms with Crippen molar-refractivity contribution in [1.82, 2.24) is 5.32 Å². The maximum atomic E-state index is 13.0. The molecule has 11 heteroatoms. The maximum absolute atomic E-state index is 13.0. The zero-order valence-electron chi connectivity index (χ0n) is 31.8. The van der Waals surface area contributed by atoms with E-state index in [0.29, 0.717) is 19.3 Å². The minimum absolute atomic E-state index is 0.247. The summed E-state index contributed by atoms with van der Waals surface area (Å²) in [7, 11) is 0. The number of hydrogen-bond acceptors (Lipinski definition) is 10. The molecule has 1 aliphatic heterocycles. The molecule has 11 nitrogen and oxygen atoms in total. The highest BCUT2D eigenvalue weighted by Crippen LogP contribution is 2.23. The van der Waals surface area contributed by atoms with Crippen molar-refractivity contribution in [3.63, 3.8) is 0 Å². The van der Waals surface area contributed by atoms with Gasteiger partial charge >= 0.3 is 0 Å². The van der Waals surface area contributed by atoms with Crippen LogP contribution in [0, 0.1) is 0 Å². The highest BCUT2D eigenvalue weighted by molar-refractivity contribution is 5.80. The topological polar surface area (TPSA) is 189 Å². The third kappa shape index (κ3) is 21.8. The molecule has 9 atom stereocenters. The highest BCUT2D eigenvalue weighted by atomic mass is 16.7. The van der Waals surface area contributed by atoms with Crippen LogP contribution < -0.4 is 5.32 Å². The van der Waals surface area contributed by atoms with Crippen molar-refractivity contribution in [3.05, 3.63) is 24.3 Å². The number of nitrogens with one attached hydrogen (secondary N) is 1. The van der Waals surface area contributed by atoms with Crippen molar-refractivity contribution < 1.29 is 50.0 Å².